The lowest BCUT2D eigenvalue weighted by Gasteiger charge is -2.10. The first-order chi connectivity index (χ1) is 14.3. The van der Waals surface area contributed by atoms with Crippen LogP contribution in [0.1, 0.15) is 11.1 Å². The fourth-order valence-corrected chi connectivity index (χ4v) is 4.59. The number of nitrogens with zero attached hydrogens (tertiary/aromatic N) is 2. The molecule has 1 unspecified atom stereocenters. The number of aromatic nitrogens is 2. The Hall–Kier alpha value is -3.90. The molecule has 0 aliphatic carbocycles. The summed E-state index contributed by atoms with van der Waals surface area (Å²) in [5.74, 6) is 7.93. The molecule has 29 heavy (non-hydrogen) atoms. The molecule has 0 fully saturated rings. The highest BCUT2D eigenvalue weighted by Crippen LogP contribution is 2.40. The van der Waals surface area contributed by atoms with Gasteiger partial charge in [0.05, 0.1) is 18.6 Å². The first-order valence-corrected chi connectivity index (χ1v) is 9.67. The van der Waals surface area contributed by atoms with Gasteiger partial charge in [-0.05, 0) is 48.5 Å². The molecule has 136 valence electrons. The second-order valence-electron chi connectivity index (χ2n) is 7.28. The van der Waals surface area contributed by atoms with Crippen molar-refractivity contribution in [2.75, 3.05) is 7.11 Å². The van der Waals surface area contributed by atoms with Crippen LogP contribution in [-0.4, -0.2) is 7.11 Å². The first kappa shape index (κ1) is 16.1. The van der Waals surface area contributed by atoms with E-state index in [1.165, 1.54) is 28.2 Å². The standard InChI is InChI=1S/C26H18N2O/c1-29-20-14-12-19(13-15-20)16-17-26-22-8-3-2-7-21(22)23-10-6-11-25(28(23)26)24-9-4-5-18-27(24)26/h2-15,18H,1H3/q+2. The summed E-state index contributed by atoms with van der Waals surface area (Å²) < 4.78 is 9.96. The van der Waals surface area contributed by atoms with Crippen LogP contribution < -0.4 is 13.9 Å². The Bertz CT molecular complexity index is 1280. The van der Waals surface area contributed by atoms with Gasteiger partial charge in [0.2, 0.25) is 5.69 Å². The number of hydrogen-bond acceptors (Lipinski definition) is 1. The Morgan fingerprint density at radius 1 is 0.759 bits per heavy atom. The third-order valence-electron chi connectivity index (χ3n) is 5.83. The van der Waals surface area contributed by atoms with Gasteiger partial charge in [0, 0.05) is 29.8 Å². The summed E-state index contributed by atoms with van der Waals surface area (Å²) >= 11 is 0. The van der Waals surface area contributed by atoms with Gasteiger partial charge < -0.3 is 4.74 Å². The van der Waals surface area contributed by atoms with E-state index in [1.54, 1.807) is 7.11 Å². The monoisotopic (exact) mass is 374 g/mol. The van der Waals surface area contributed by atoms with Gasteiger partial charge >= 0.3 is 5.66 Å². The normalized spacial score (nSPS) is 17.0. The van der Waals surface area contributed by atoms with Crippen molar-refractivity contribution in [3.05, 3.63) is 102 Å². The van der Waals surface area contributed by atoms with Crippen LogP contribution in [0, 0.1) is 11.8 Å². The van der Waals surface area contributed by atoms with Crippen LogP contribution in [0.5, 0.6) is 5.75 Å². The van der Waals surface area contributed by atoms with E-state index in [0.29, 0.717) is 0 Å². The lowest BCUT2D eigenvalue weighted by molar-refractivity contribution is -0.924. The Labute approximate surface area is 169 Å². The molecule has 2 aliphatic heterocycles. The summed E-state index contributed by atoms with van der Waals surface area (Å²) in [7, 11) is 1.68. The zero-order valence-electron chi connectivity index (χ0n) is 16.0. The fourth-order valence-electron chi connectivity index (χ4n) is 4.59. The molecule has 6 rings (SSSR count). The van der Waals surface area contributed by atoms with E-state index in [4.69, 9.17) is 4.74 Å². The first-order valence-electron chi connectivity index (χ1n) is 9.67. The molecule has 1 atom stereocenters. The predicted molar refractivity (Wildman–Crippen MR) is 110 cm³/mol. The Morgan fingerprint density at radius 3 is 2.38 bits per heavy atom. The molecule has 4 aromatic rings. The van der Waals surface area contributed by atoms with Gasteiger partial charge in [0.25, 0.3) is 11.4 Å². The van der Waals surface area contributed by atoms with Crippen molar-refractivity contribution in [1.82, 2.24) is 0 Å². The topological polar surface area (TPSA) is 17.0 Å². The summed E-state index contributed by atoms with van der Waals surface area (Å²) in [5.41, 5.74) is 6.39. The number of ether oxygens (including phenoxy) is 1. The fraction of sp³-hybridized carbons (Fsp3) is 0.0769. The van der Waals surface area contributed by atoms with Crippen molar-refractivity contribution >= 4 is 0 Å². The minimum atomic E-state index is -0.584. The Balaban J connectivity index is 1.67. The highest BCUT2D eigenvalue weighted by atomic mass is 16.5. The van der Waals surface area contributed by atoms with E-state index in [1.807, 2.05) is 24.3 Å². The number of fused-ring (bicyclic) bond motifs is 6. The molecule has 0 saturated carbocycles. The highest BCUT2D eigenvalue weighted by Gasteiger charge is 2.66. The molecule has 0 spiro atoms. The molecule has 3 heteroatoms. The molecule has 0 saturated heterocycles. The van der Waals surface area contributed by atoms with Crippen molar-refractivity contribution in [2.24, 2.45) is 0 Å². The molecule has 0 amide bonds. The van der Waals surface area contributed by atoms with Crippen molar-refractivity contribution in [3.8, 4) is 40.2 Å². The summed E-state index contributed by atoms with van der Waals surface area (Å²) in [5, 5.41) is 0. The van der Waals surface area contributed by atoms with Crippen molar-refractivity contribution < 1.29 is 13.9 Å². The molecule has 2 aromatic carbocycles. The average molecular weight is 374 g/mol. The quantitative estimate of drug-likeness (QED) is 0.368. The molecule has 2 aliphatic rings. The van der Waals surface area contributed by atoms with Crippen molar-refractivity contribution in [3.63, 3.8) is 0 Å². The van der Waals surface area contributed by atoms with Gasteiger partial charge in [-0.1, -0.05) is 18.1 Å². The number of methoxy groups -OCH3 is 1. The van der Waals surface area contributed by atoms with Crippen LogP contribution in [0.2, 0.25) is 0 Å². The van der Waals surface area contributed by atoms with E-state index in [2.05, 4.69) is 87.8 Å². The minimum absolute atomic E-state index is 0.584. The third kappa shape index (κ3) is 2.03. The summed E-state index contributed by atoms with van der Waals surface area (Å²) in [6, 6.07) is 29.3. The number of pyridine rings is 2. The van der Waals surface area contributed by atoms with Gasteiger partial charge in [-0.2, -0.15) is 0 Å². The van der Waals surface area contributed by atoms with Gasteiger partial charge in [-0.3, -0.25) is 0 Å². The zero-order valence-corrected chi connectivity index (χ0v) is 16.0. The average Bonchev–Trinajstić information content (AvgIpc) is 3.25. The maximum atomic E-state index is 5.28. The largest absolute Gasteiger partial charge is 0.497 e. The SMILES string of the molecule is COc1ccc(C#CC23c4ccccc4-c4cccc([n+]42)-c2cccc[n+]23)cc1. The maximum Gasteiger partial charge on any atom is 0.455 e. The predicted octanol–water partition coefficient (Wildman–Crippen LogP) is 3.53. The molecular weight excluding hydrogens is 356 g/mol. The molecule has 4 heterocycles. The second-order valence-corrected chi connectivity index (χ2v) is 7.28. The van der Waals surface area contributed by atoms with Crippen LogP contribution >= 0.6 is 0 Å². The second kappa shape index (κ2) is 5.80. The van der Waals surface area contributed by atoms with Gasteiger partial charge in [0.15, 0.2) is 6.20 Å². The molecule has 2 aromatic heterocycles. The summed E-state index contributed by atoms with van der Waals surface area (Å²) in [6.45, 7) is 0. The summed E-state index contributed by atoms with van der Waals surface area (Å²) in [6.07, 6.45) is 2.14. The highest BCUT2D eigenvalue weighted by molar-refractivity contribution is 5.70. The van der Waals surface area contributed by atoms with Crippen LogP contribution in [0.15, 0.2) is 91.1 Å². The van der Waals surface area contributed by atoms with Crippen LogP contribution in [-0.2, 0) is 5.66 Å². The molecule has 0 radical (unpaired) electrons. The third-order valence-corrected chi connectivity index (χ3v) is 5.83. The number of hydrogen-bond donors (Lipinski definition) is 0. The van der Waals surface area contributed by atoms with E-state index in [-0.39, 0.29) is 0 Å². The molecule has 0 bridgehead atoms. The van der Waals surface area contributed by atoms with Crippen molar-refractivity contribution in [1.29, 1.82) is 0 Å². The van der Waals surface area contributed by atoms with Crippen LogP contribution in [0.3, 0.4) is 0 Å². The number of rotatable bonds is 1. The Kier molecular flexibility index (Phi) is 3.22. The van der Waals surface area contributed by atoms with Gasteiger partial charge in [0.1, 0.15) is 11.3 Å². The van der Waals surface area contributed by atoms with Crippen LogP contribution in [0.25, 0.3) is 22.6 Å². The number of benzene rings is 2. The summed E-state index contributed by atoms with van der Waals surface area (Å²) in [4.78, 5) is 0. The van der Waals surface area contributed by atoms with Gasteiger partial charge in [-0.15, -0.1) is 9.13 Å². The molecule has 3 nitrogen and oxygen atoms in total. The van der Waals surface area contributed by atoms with Crippen LogP contribution in [0.4, 0.5) is 0 Å². The lowest BCUT2D eigenvalue weighted by Crippen LogP contribution is -2.67. The smallest absolute Gasteiger partial charge is 0.455 e. The Morgan fingerprint density at radius 2 is 1.52 bits per heavy atom. The van der Waals surface area contributed by atoms with E-state index in [0.717, 1.165) is 11.3 Å². The molecular formula is C26H18N2O+2. The van der Waals surface area contributed by atoms with Crippen molar-refractivity contribution in [2.45, 2.75) is 5.66 Å². The maximum absolute atomic E-state index is 5.28. The van der Waals surface area contributed by atoms with Gasteiger partial charge in [-0.25, -0.2) is 0 Å². The lowest BCUT2D eigenvalue weighted by atomic mass is 9.97. The van der Waals surface area contributed by atoms with E-state index in [9.17, 15) is 0 Å². The van der Waals surface area contributed by atoms with E-state index >= 15 is 0 Å². The minimum Gasteiger partial charge on any atom is -0.497 e. The zero-order chi connectivity index (χ0) is 19.4. The van der Waals surface area contributed by atoms with E-state index < -0.39 is 5.66 Å². The molecule has 0 N–H and O–H groups in total.